The van der Waals surface area contributed by atoms with Gasteiger partial charge in [0.15, 0.2) is 12.4 Å². The van der Waals surface area contributed by atoms with E-state index >= 15 is 0 Å². The summed E-state index contributed by atoms with van der Waals surface area (Å²) in [5, 5.41) is 3.22. The number of carbonyl (C=O) groups excluding carboxylic acids is 2. The summed E-state index contributed by atoms with van der Waals surface area (Å²) in [7, 11) is 0. The Balaban J connectivity index is 1.81. The minimum absolute atomic E-state index is 0.101. The third-order valence-electron chi connectivity index (χ3n) is 6.91. The highest BCUT2D eigenvalue weighted by Crippen LogP contribution is 2.34. The molecule has 4 aromatic rings. The van der Waals surface area contributed by atoms with Crippen molar-refractivity contribution in [3.63, 3.8) is 0 Å². The van der Waals surface area contributed by atoms with Gasteiger partial charge in [-0.2, -0.15) is 4.57 Å². The van der Waals surface area contributed by atoms with Gasteiger partial charge >= 0.3 is 5.91 Å². The first-order valence-electron chi connectivity index (χ1n) is 12.3. The molecular formula is C30H29N4O3+. The summed E-state index contributed by atoms with van der Waals surface area (Å²) in [6.07, 6.45) is 4.00. The van der Waals surface area contributed by atoms with E-state index in [0.29, 0.717) is 23.5 Å². The number of anilines is 1. The molecule has 0 atom stereocenters. The Hall–Kier alpha value is -4.52. The van der Waals surface area contributed by atoms with Crippen LogP contribution < -0.4 is 15.0 Å². The maximum atomic E-state index is 14.1. The largest absolute Gasteiger partial charge is 0.331 e. The summed E-state index contributed by atoms with van der Waals surface area (Å²) < 4.78 is 3.13. The Bertz CT molecular complexity index is 1670. The van der Waals surface area contributed by atoms with E-state index < -0.39 is 11.8 Å². The molecular weight excluding hydrogens is 464 g/mol. The Morgan fingerprint density at radius 2 is 1.59 bits per heavy atom. The highest BCUT2D eigenvalue weighted by atomic mass is 16.2. The van der Waals surface area contributed by atoms with Crippen LogP contribution in [-0.4, -0.2) is 21.6 Å². The normalized spacial score (nSPS) is 13.7. The van der Waals surface area contributed by atoms with E-state index in [1.807, 2.05) is 77.1 Å². The van der Waals surface area contributed by atoms with Crippen LogP contribution in [0.15, 0.2) is 71.8 Å². The number of amides is 2. The second-order valence-electron chi connectivity index (χ2n) is 9.48. The van der Waals surface area contributed by atoms with Crippen molar-refractivity contribution in [3.05, 3.63) is 111 Å². The zero-order chi connectivity index (χ0) is 26.4. The fraction of sp³-hybridized carbons (Fsp3) is 0.200. The van der Waals surface area contributed by atoms with E-state index in [0.717, 1.165) is 22.3 Å². The summed E-state index contributed by atoms with van der Waals surface area (Å²) in [6, 6.07) is 16.7. The van der Waals surface area contributed by atoms with Crippen molar-refractivity contribution in [3.8, 4) is 5.69 Å². The average Bonchev–Trinajstić information content (AvgIpc) is 3.32. The number of H-pyrrole nitrogens is 1. The van der Waals surface area contributed by atoms with Gasteiger partial charge in [-0.3, -0.25) is 19.5 Å². The quantitative estimate of drug-likeness (QED) is 0.335. The number of imide groups is 1. The summed E-state index contributed by atoms with van der Waals surface area (Å²) >= 11 is 0. The van der Waals surface area contributed by atoms with Gasteiger partial charge in [0.05, 0.1) is 16.9 Å². The van der Waals surface area contributed by atoms with E-state index in [-0.39, 0.29) is 22.4 Å². The SMILES string of the molecule is CCc1[nH]n(-c2cccc(C)c2C)c(=O)c1C1=C([n+]2cccc(C)c2)C(=O)N(c2cccc(C)c2)C1=O. The molecule has 0 radical (unpaired) electrons. The van der Waals surface area contributed by atoms with Crippen LogP contribution >= 0.6 is 0 Å². The Morgan fingerprint density at radius 3 is 2.30 bits per heavy atom. The molecule has 0 aliphatic carbocycles. The van der Waals surface area contributed by atoms with Crippen LogP contribution in [0.5, 0.6) is 0 Å². The number of hydrogen-bond acceptors (Lipinski definition) is 3. The zero-order valence-corrected chi connectivity index (χ0v) is 21.6. The first-order valence-corrected chi connectivity index (χ1v) is 12.3. The van der Waals surface area contributed by atoms with Crippen molar-refractivity contribution >= 4 is 28.8 Å². The minimum atomic E-state index is -0.515. The lowest BCUT2D eigenvalue weighted by Gasteiger charge is -2.14. The van der Waals surface area contributed by atoms with Gasteiger partial charge in [-0.15, -0.1) is 0 Å². The first-order chi connectivity index (χ1) is 17.7. The van der Waals surface area contributed by atoms with Crippen molar-refractivity contribution in [1.29, 1.82) is 0 Å². The summed E-state index contributed by atoms with van der Waals surface area (Å²) in [4.78, 5) is 43.1. The molecule has 0 fully saturated rings. The van der Waals surface area contributed by atoms with Gasteiger partial charge in [0, 0.05) is 17.3 Å². The van der Waals surface area contributed by atoms with Crippen LogP contribution in [0, 0.1) is 27.7 Å². The number of aryl methyl sites for hydroxylation is 4. The van der Waals surface area contributed by atoms with Crippen molar-refractivity contribution in [2.24, 2.45) is 0 Å². The summed E-state index contributed by atoms with van der Waals surface area (Å²) in [5.41, 5.74) is 5.74. The lowest BCUT2D eigenvalue weighted by molar-refractivity contribution is -0.577. The molecule has 5 rings (SSSR count). The predicted molar refractivity (Wildman–Crippen MR) is 143 cm³/mol. The Kier molecular flexibility index (Phi) is 5.99. The van der Waals surface area contributed by atoms with Crippen LogP contribution in [0.1, 0.15) is 40.4 Å². The van der Waals surface area contributed by atoms with Crippen LogP contribution in [0.2, 0.25) is 0 Å². The monoisotopic (exact) mass is 493 g/mol. The topological polar surface area (TPSA) is 79.1 Å². The van der Waals surface area contributed by atoms with E-state index in [1.54, 1.807) is 29.1 Å². The van der Waals surface area contributed by atoms with Gasteiger partial charge < -0.3 is 0 Å². The van der Waals surface area contributed by atoms with Crippen LogP contribution in [0.3, 0.4) is 0 Å². The third kappa shape index (κ3) is 3.93. The highest BCUT2D eigenvalue weighted by molar-refractivity contribution is 6.53. The summed E-state index contributed by atoms with van der Waals surface area (Å²) in [6.45, 7) is 9.69. The second kappa shape index (κ2) is 9.17. The molecule has 1 N–H and O–H groups in total. The van der Waals surface area contributed by atoms with Crippen LogP contribution in [0.25, 0.3) is 17.0 Å². The van der Waals surface area contributed by atoms with Gasteiger partial charge in [0.25, 0.3) is 17.2 Å². The molecule has 1 aliphatic rings. The lowest BCUT2D eigenvalue weighted by atomic mass is 10.0. The van der Waals surface area contributed by atoms with Crippen molar-refractivity contribution in [2.75, 3.05) is 4.90 Å². The van der Waals surface area contributed by atoms with Gasteiger partial charge in [-0.05, 0) is 75.1 Å². The number of benzene rings is 2. The molecule has 0 saturated heterocycles. The molecule has 0 spiro atoms. The number of nitrogens with zero attached hydrogens (tertiary/aromatic N) is 3. The van der Waals surface area contributed by atoms with Crippen molar-refractivity contribution in [1.82, 2.24) is 9.78 Å². The molecule has 37 heavy (non-hydrogen) atoms. The number of carbonyl (C=O) groups is 2. The van der Waals surface area contributed by atoms with E-state index in [9.17, 15) is 14.4 Å². The highest BCUT2D eigenvalue weighted by Gasteiger charge is 2.48. The molecule has 186 valence electrons. The van der Waals surface area contributed by atoms with Gasteiger partial charge in [-0.25, -0.2) is 9.58 Å². The molecule has 1 aliphatic heterocycles. The average molecular weight is 494 g/mol. The van der Waals surface area contributed by atoms with Crippen molar-refractivity contribution < 1.29 is 14.2 Å². The first kappa shape index (κ1) is 24.2. The van der Waals surface area contributed by atoms with E-state index in [2.05, 4.69) is 5.10 Å². The fourth-order valence-corrected chi connectivity index (χ4v) is 4.86. The van der Waals surface area contributed by atoms with Crippen LogP contribution in [0.4, 0.5) is 5.69 Å². The molecule has 2 aromatic carbocycles. The molecule has 0 saturated carbocycles. The molecule has 3 heterocycles. The number of hydrogen-bond donors (Lipinski definition) is 1. The smallest absolute Gasteiger partial charge is 0.294 e. The molecule has 7 heteroatoms. The molecule has 2 aromatic heterocycles. The number of aromatic amines is 1. The predicted octanol–water partition coefficient (Wildman–Crippen LogP) is 4.19. The fourth-order valence-electron chi connectivity index (χ4n) is 4.86. The molecule has 2 amide bonds. The maximum Gasteiger partial charge on any atom is 0.331 e. The standard InChI is InChI=1S/C30H28N4O3/c1-6-23-25(29(36)34(31-23)24-14-8-12-20(4)21(24)5)26-27(32-15-9-11-19(3)17-32)30(37)33(28(26)35)22-13-7-10-18(2)16-22/h7-17H,6H2,1-5H3/p+1. The molecule has 0 unspecified atom stereocenters. The van der Waals surface area contributed by atoms with Crippen molar-refractivity contribution in [2.45, 2.75) is 41.0 Å². The molecule has 7 nitrogen and oxygen atoms in total. The van der Waals surface area contributed by atoms with E-state index in [4.69, 9.17) is 0 Å². The minimum Gasteiger partial charge on any atom is -0.294 e. The number of aromatic nitrogens is 3. The van der Waals surface area contributed by atoms with E-state index in [1.165, 1.54) is 9.58 Å². The Labute approximate surface area is 215 Å². The van der Waals surface area contributed by atoms with Crippen LogP contribution in [-0.2, 0) is 16.0 Å². The second-order valence-corrected chi connectivity index (χ2v) is 9.48. The summed E-state index contributed by atoms with van der Waals surface area (Å²) in [5.74, 6) is -0.986. The Morgan fingerprint density at radius 1 is 0.865 bits per heavy atom. The zero-order valence-electron chi connectivity index (χ0n) is 21.6. The maximum absolute atomic E-state index is 14.1. The van der Waals surface area contributed by atoms with Gasteiger partial charge in [0.2, 0.25) is 0 Å². The van der Waals surface area contributed by atoms with Gasteiger partial charge in [0.1, 0.15) is 5.57 Å². The lowest BCUT2D eigenvalue weighted by Crippen LogP contribution is -2.39. The third-order valence-corrected chi connectivity index (χ3v) is 6.91. The number of pyridine rings is 1. The van der Waals surface area contributed by atoms with Gasteiger partial charge in [-0.1, -0.05) is 31.2 Å². The molecule has 0 bridgehead atoms. The number of rotatable bonds is 5. The number of nitrogens with one attached hydrogen (secondary N) is 1.